The van der Waals surface area contributed by atoms with Crippen molar-refractivity contribution in [2.45, 2.75) is 51.1 Å². The molecule has 1 aromatic rings. The van der Waals surface area contributed by atoms with Crippen LogP contribution < -0.4 is 10.0 Å². The Hall–Kier alpha value is -0.430. The van der Waals surface area contributed by atoms with Crippen molar-refractivity contribution in [2.75, 3.05) is 6.54 Å². The Morgan fingerprint density at radius 2 is 2.00 bits per heavy atom. The molecule has 0 atom stereocenters. The van der Waals surface area contributed by atoms with E-state index in [1.54, 1.807) is 6.07 Å². The summed E-state index contributed by atoms with van der Waals surface area (Å²) in [5.41, 5.74) is 1.21. The van der Waals surface area contributed by atoms with E-state index in [1.807, 2.05) is 12.1 Å². The van der Waals surface area contributed by atoms with Gasteiger partial charge in [-0.2, -0.15) is 0 Å². The third kappa shape index (κ3) is 4.77. The number of halogens is 1. The second kappa shape index (κ2) is 6.36. The molecule has 0 amide bonds. The molecule has 1 aliphatic carbocycles. The predicted octanol–water partition coefficient (Wildman–Crippen LogP) is 3.03. The third-order valence-electron chi connectivity index (χ3n) is 3.79. The minimum atomic E-state index is -3.45. The Morgan fingerprint density at radius 1 is 1.33 bits per heavy atom. The molecular weight excluding hydrogens is 352 g/mol. The largest absolute Gasteiger partial charge is 0.310 e. The molecule has 6 heteroatoms. The van der Waals surface area contributed by atoms with Gasteiger partial charge in [0.2, 0.25) is 10.0 Å². The summed E-state index contributed by atoms with van der Waals surface area (Å²) in [5, 5.41) is 3.31. The first-order chi connectivity index (χ1) is 9.72. The van der Waals surface area contributed by atoms with E-state index >= 15 is 0 Å². The van der Waals surface area contributed by atoms with E-state index in [4.69, 9.17) is 0 Å². The van der Waals surface area contributed by atoms with Crippen molar-refractivity contribution in [1.82, 2.24) is 10.0 Å². The summed E-state index contributed by atoms with van der Waals surface area (Å²) in [6.45, 7) is 7.50. The summed E-state index contributed by atoms with van der Waals surface area (Å²) in [7, 11) is -3.45. The maximum atomic E-state index is 12.3. The van der Waals surface area contributed by atoms with Crippen LogP contribution in [-0.2, 0) is 16.6 Å². The van der Waals surface area contributed by atoms with Crippen LogP contribution in [0.5, 0.6) is 0 Å². The molecule has 0 unspecified atom stereocenters. The lowest BCUT2D eigenvalue weighted by atomic mass is 10.2. The van der Waals surface area contributed by atoms with Gasteiger partial charge < -0.3 is 5.32 Å². The lowest BCUT2D eigenvalue weighted by Crippen LogP contribution is -2.29. The van der Waals surface area contributed by atoms with Crippen molar-refractivity contribution in [3.63, 3.8) is 0 Å². The van der Waals surface area contributed by atoms with Gasteiger partial charge in [0.25, 0.3) is 0 Å². The Kier molecular flexibility index (Phi) is 5.13. The zero-order chi connectivity index (χ0) is 15.7. The number of sulfonamides is 1. The highest BCUT2D eigenvalue weighted by molar-refractivity contribution is 9.10. The predicted molar refractivity (Wildman–Crippen MR) is 88.6 cm³/mol. The number of hydrogen-bond acceptors (Lipinski definition) is 3. The van der Waals surface area contributed by atoms with E-state index in [9.17, 15) is 8.42 Å². The minimum absolute atomic E-state index is 0.153. The molecule has 0 bridgehead atoms. The van der Waals surface area contributed by atoms with Gasteiger partial charge >= 0.3 is 0 Å². The highest BCUT2D eigenvalue weighted by atomic mass is 79.9. The molecule has 1 saturated carbocycles. The second-order valence-corrected chi connectivity index (χ2v) is 9.03. The monoisotopic (exact) mass is 374 g/mol. The smallest absolute Gasteiger partial charge is 0.241 e. The Balaban J connectivity index is 2.08. The number of benzene rings is 1. The number of nitrogens with one attached hydrogen (secondary N) is 2. The van der Waals surface area contributed by atoms with Gasteiger partial charge in [-0.05, 0) is 51.9 Å². The SMILES string of the molecule is CC(C)NCc1ccc(S(=O)(=O)NCC2(C)CC2)c(Br)c1. The zero-order valence-electron chi connectivity index (χ0n) is 12.7. The van der Waals surface area contributed by atoms with Crippen LogP contribution in [0.2, 0.25) is 0 Å². The van der Waals surface area contributed by atoms with Gasteiger partial charge in [0.05, 0.1) is 4.90 Å². The summed E-state index contributed by atoms with van der Waals surface area (Å²) in [6.07, 6.45) is 2.19. The molecule has 0 aromatic heterocycles. The summed E-state index contributed by atoms with van der Waals surface area (Å²) in [4.78, 5) is 0.306. The molecule has 1 fully saturated rings. The fourth-order valence-corrected chi connectivity index (χ4v) is 4.25. The molecule has 118 valence electrons. The fraction of sp³-hybridized carbons (Fsp3) is 0.600. The van der Waals surface area contributed by atoms with Crippen LogP contribution in [0.1, 0.15) is 39.2 Å². The first-order valence-electron chi connectivity index (χ1n) is 7.23. The average Bonchev–Trinajstić information content (AvgIpc) is 3.13. The topological polar surface area (TPSA) is 58.2 Å². The third-order valence-corrected chi connectivity index (χ3v) is 6.17. The maximum Gasteiger partial charge on any atom is 0.241 e. The van der Waals surface area contributed by atoms with Crippen LogP contribution >= 0.6 is 15.9 Å². The van der Waals surface area contributed by atoms with Crippen molar-refractivity contribution in [3.05, 3.63) is 28.2 Å². The fourth-order valence-electron chi connectivity index (χ4n) is 1.93. The van der Waals surface area contributed by atoms with E-state index in [-0.39, 0.29) is 5.41 Å². The molecule has 1 aromatic carbocycles. The van der Waals surface area contributed by atoms with Crippen LogP contribution in [0.15, 0.2) is 27.6 Å². The van der Waals surface area contributed by atoms with Crippen LogP contribution in [0.25, 0.3) is 0 Å². The van der Waals surface area contributed by atoms with Gasteiger partial charge in [-0.3, -0.25) is 0 Å². The van der Waals surface area contributed by atoms with E-state index in [0.717, 1.165) is 24.9 Å². The summed E-state index contributed by atoms with van der Waals surface area (Å²) in [5.74, 6) is 0. The number of hydrogen-bond donors (Lipinski definition) is 2. The van der Waals surface area contributed by atoms with Crippen molar-refractivity contribution in [2.24, 2.45) is 5.41 Å². The summed E-state index contributed by atoms with van der Waals surface area (Å²) < 4.78 is 28.0. The van der Waals surface area contributed by atoms with Gasteiger partial charge in [-0.1, -0.05) is 26.8 Å². The van der Waals surface area contributed by atoms with Gasteiger partial charge in [0.1, 0.15) is 0 Å². The second-order valence-electron chi connectivity index (χ2n) is 6.44. The lowest BCUT2D eigenvalue weighted by Gasteiger charge is -2.13. The summed E-state index contributed by atoms with van der Waals surface area (Å²) in [6, 6.07) is 5.78. The molecule has 0 spiro atoms. The van der Waals surface area contributed by atoms with Crippen molar-refractivity contribution in [1.29, 1.82) is 0 Å². The van der Waals surface area contributed by atoms with E-state index in [0.29, 0.717) is 22.0 Å². The molecule has 21 heavy (non-hydrogen) atoms. The van der Waals surface area contributed by atoms with E-state index in [1.165, 1.54) is 0 Å². The van der Waals surface area contributed by atoms with E-state index in [2.05, 4.69) is 46.7 Å². The molecular formula is C15H23BrN2O2S. The molecule has 2 rings (SSSR count). The Morgan fingerprint density at radius 3 is 2.52 bits per heavy atom. The van der Waals surface area contributed by atoms with Crippen LogP contribution in [0.4, 0.5) is 0 Å². The van der Waals surface area contributed by atoms with Crippen molar-refractivity contribution < 1.29 is 8.42 Å². The van der Waals surface area contributed by atoms with E-state index < -0.39 is 10.0 Å². The first-order valence-corrected chi connectivity index (χ1v) is 9.51. The van der Waals surface area contributed by atoms with Crippen LogP contribution in [-0.4, -0.2) is 21.0 Å². The van der Waals surface area contributed by atoms with Crippen molar-refractivity contribution in [3.8, 4) is 0 Å². The average molecular weight is 375 g/mol. The van der Waals surface area contributed by atoms with Crippen LogP contribution in [0, 0.1) is 5.41 Å². The Labute approximate surface area is 135 Å². The van der Waals surface area contributed by atoms with Gasteiger partial charge in [-0.25, -0.2) is 13.1 Å². The molecule has 0 saturated heterocycles. The van der Waals surface area contributed by atoms with Gasteiger partial charge in [0, 0.05) is 23.6 Å². The lowest BCUT2D eigenvalue weighted by molar-refractivity contribution is 0.530. The first kappa shape index (κ1) is 16.9. The molecule has 1 aliphatic rings. The highest BCUT2D eigenvalue weighted by Crippen LogP contribution is 2.44. The Bertz CT molecular complexity index is 610. The van der Waals surface area contributed by atoms with Crippen molar-refractivity contribution >= 4 is 26.0 Å². The normalized spacial score (nSPS) is 17.2. The molecule has 0 heterocycles. The molecule has 2 N–H and O–H groups in total. The van der Waals surface area contributed by atoms with Crippen LogP contribution in [0.3, 0.4) is 0 Å². The van der Waals surface area contributed by atoms with Gasteiger partial charge in [0.15, 0.2) is 0 Å². The van der Waals surface area contributed by atoms with Gasteiger partial charge in [-0.15, -0.1) is 0 Å². The molecule has 0 aliphatic heterocycles. The quantitative estimate of drug-likeness (QED) is 0.770. The standard InChI is InChI=1S/C15H23BrN2O2S/c1-11(2)17-9-12-4-5-14(13(16)8-12)21(19,20)18-10-15(3)6-7-15/h4-5,8,11,17-18H,6-7,9-10H2,1-3H3. The zero-order valence-corrected chi connectivity index (χ0v) is 15.1. The summed E-state index contributed by atoms with van der Waals surface area (Å²) >= 11 is 3.38. The minimum Gasteiger partial charge on any atom is -0.310 e. The molecule has 4 nitrogen and oxygen atoms in total. The highest BCUT2D eigenvalue weighted by Gasteiger charge is 2.38. The molecule has 0 radical (unpaired) electrons. The maximum absolute atomic E-state index is 12.3. The number of rotatable bonds is 7.